The molecule has 2 N–H and O–H groups in total. The standard InChI is InChI=1S/C19H20F2N2O5/c1-9-15(11(3)24)10(2)22-16(9)18(26)27-12(4)17(25)23-13-7-5-6-8-14(13)28-19(20)21/h5-8,12,19,22H,1-4H3,(H,23,25)/t12-/m0/s1. The maximum Gasteiger partial charge on any atom is 0.387 e. The van der Waals surface area contributed by atoms with E-state index in [1.54, 1.807) is 13.8 Å². The van der Waals surface area contributed by atoms with Gasteiger partial charge in [-0.15, -0.1) is 0 Å². The Kier molecular flexibility index (Phi) is 6.50. The SMILES string of the molecule is CC(=O)c1c(C)[nH]c(C(=O)O[C@@H](C)C(=O)Nc2ccccc2OC(F)F)c1C. The predicted octanol–water partition coefficient (Wildman–Crippen LogP) is 3.62. The molecule has 9 heteroatoms. The number of Topliss-reactive ketones (excluding diaryl/α,β-unsaturated/α-hetero) is 1. The molecule has 0 radical (unpaired) electrons. The van der Waals surface area contributed by atoms with Gasteiger partial charge in [-0.1, -0.05) is 12.1 Å². The number of aromatic nitrogens is 1. The van der Waals surface area contributed by atoms with Crippen molar-refractivity contribution in [1.29, 1.82) is 0 Å². The second-order valence-electron chi connectivity index (χ2n) is 6.09. The summed E-state index contributed by atoms with van der Waals surface area (Å²) in [6.45, 7) is 2.91. The van der Waals surface area contributed by atoms with Gasteiger partial charge in [-0.05, 0) is 45.4 Å². The Bertz CT molecular complexity index is 908. The molecule has 0 bridgehead atoms. The molecule has 2 rings (SSSR count). The van der Waals surface area contributed by atoms with Crippen LogP contribution < -0.4 is 10.1 Å². The molecule has 1 atom stereocenters. The summed E-state index contributed by atoms with van der Waals surface area (Å²) in [5.74, 6) is -1.96. The van der Waals surface area contributed by atoms with Gasteiger partial charge < -0.3 is 19.8 Å². The quantitative estimate of drug-likeness (QED) is 0.552. The highest BCUT2D eigenvalue weighted by Crippen LogP contribution is 2.26. The van der Waals surface area contributed by atoms with E-state index in [9.17, 15) is 23.2 Å². The van der Waals surface area contributed by atoms with Gasteiger partial charge in [0.25, 0.3) is 5.91 Å². The zero-order valence-corrected chi connectivity index (χ0v) is 15.8. The first-order valence-corrected chi connectivity index (χ1v) is 8.37. The smallest absolute Gasteiger partial charge is 0.387 e. The van der Waals surface area contributed by atoms with Crippen LogP contribution in [0.25, 0.3) is 0 Å². The van der Waals surface area contributed by atoms with Crippen molar-refractivity contribution in [3.05, 3.63) is 46.8 Å². The number of hydrogen-bond donors (Lipinski definition) is 2. The lowest BCUT2D eigenvalue weighted by atomic mass is 10.1. The summed E-state index contributed by atoms with van der Waals surface area (Å²) >= 11 is 0. The number of aromatic amines is 1. The van der Waals surface area contributed by atoms with Crippen molar-refractivity contribution in [2.24, 2.45) is 0 Å². The summed E-state index contributed by atoms with van der Waals surface area (Å²) in [6, 6.07) is 5.65. The van der Waals surface area contributed by atoms with E-state index in [4.69, 9.17) is 4.74 Å². The summed E-state index contributed by atoms with van der Waals surface area (Å²) in [5.41, 5.74) is 1.43. The van der Waals surface area contributed by atoms with Crippen molar-refractivity contribution in [3.8, 4) is 5.75 Å². The van der Waals surface area contributed by atoms with Crippen molar-refractivity contribution in [1.82, 2.24) is 4.98 Å². The third-order valence-electron chi connectivity index (χ3n) is 4.01. The van der Waals surface area contributed by atoms with E-state index in [-0.39, 0.29) is 22.9 Å². The maximum atomic E-state index is 12.5. The molecule has 0 aliphatic carbocycles. The maximum absolute atomic E-state index is 12.5. The minimum atomic E-state index is -3.05. The highest BCUT2D eigenvalue weighted by Gasteiger charge is 2.25. The van der Waals surface area contributed by atoms with Gasteiger partial charge in [-0.2, -0.15) is 8.78 Å². The van der Waals surface area contributed by atoms with E-state index in [1.807, 2.05) is 0 Å². The molecule has 0 spiro atoms. The molecular weight excluding hydrogens is 374 g/mol. The van der Waals surface area contributed by atoms with Gasteiger partial charge in [0.05, 0.1) is 5.69 Å². The Morgan fingerprint density at radius 2 is 1.79 bits per heavy atom. The Morgan fingerprint density at radius 3 is 2.36 bits per heavy atom. The summed E-state index contributed by atoms with van der Waals surface area (Å²) in [4.78, 5) is 39.1. The average Bonchev–Trinajstić information content (AvgIpc) is 2.90. The molecule has 1 heterocycles. The van der Waals surface area contributed by atoms with Crippen molar-refractivity contribution in [2.45, 2.75) is 40.4 Å². The van der Waals surface area contributed by atoms with Crippen LogP contribution in [0.4, 0.5) is 14.5 Å². The molecule has 7 nitrogen and oxygen atoms in total. The Labute approximate surface area is 160 Å². The fraction of sp³-hybridized carbons (Fsp3) is 0.316. The second kappa shape index (κ2) is 8.64. The highest BCUT2D eigenvalue weighted by atomic mass is 19.3. The molecule has 28 heavy (non-hydrogen) atoms. The van der Waals surface area contributed by atoms with Crippen molar-refractivity contribution in [2.75, 3.05) is 5.32 Å². The molecule has 0 fully saturated rings. The van der Waals surface area contributed by atoms with E-state index in [0.717, 1.165) is 0 Å². The largest absolute Gasteiger partial charge is 0.448 e. The number of para-hydroxylation sites is 2. The monoisotopic (exact) mass is 394 g/mol. The van der Waals surface area contributed by atoms with E-state index in [2.05, 4.69) is 15.0 Å². The third-order valence-corrected chi connectivity index (χ3v) is 4.01. The first-order chi connectivity index (χ1) is 13.1. The number of halogens is 2. The number of alkyl halides is 2. The number of anilines is 1. The van der Waals surface area contributed by atoms with Crippen LogP contribution in [-0.2, 0) is 9.53 Å². The number of esters is 1. The number of aryl methyl sites for hydroxylation is 1. The Hall–Kier alpha value is -3.23. The predicted molar refractivity (Wildman–Crippen MR) is 96.9 cm³/mol. The molecule has 2 aromatic rings. The first kappa shape index (κ1) is 21.1. The topological polar surface area (TPSA) is 97.5 Å². The summed E-state index contributed by atoms with van der Waals surface area (Å²) in [6.07, 6.45) is -1.23. The molecule has 1 aromatic heterocycles. The lowest BCUT2D eigenvalue weighted by Gasteiger charge is -2.15. The second-order valence-corrected chi connectivity index (χ2v) is 6.09. The minimum absolute atomic E-state index is 0.0152. The van der Waals surface area contributed by atoms with Gasteiger partial charge in [-0.25, -0.2) is 4.79 Å². The molecule has 0 unspecified atom stereocenters. The van der Waals surface area contributed by atoms with Crippen LogP contribution >= 0.6 is 0 Å². The van der Waals surface area contributed by atoms with Gasteiger partial charge in [-0.3, -0.25) is 9.59 Å². The van der Waals surface area contributed by atoms with Crippen LogP contribution in [0.15, 0.2) is 24.3 Å². The molecule has 150 valence electrons. The fourth-order valence-corrected chi connectivity index (χ4v) is 2.76. The van der Waals surface area contributed by atoms with E-state index >= 15 is 0 Å². The number of rotatable bonds is 7. The van der Waals surface area contributed by atoms with Crippen LogP contribution in [0.3, 0.4) is 0 Å². The van der Waals surface area contributed by atoms with Gasteiger partial charge >= 0.3 is 12.6 Å². The number of ketones is 1. The molecule has 0 aliphatic heterocycles. The van der Waals surface area contributed by atoms with Gasteiger partial charge in [0.1, 0.15) is 11.4 Å². The highest BCUT2D eigenvalue weighted by molar-refractivity contribution is 6.02. The van der Waals surface area contributed by atoms with Crippen LogP contribution in [-0.4, -0.2) is 35.4 Å². The molecule has 0 saturated carbocycles. The lowest BCUT2D eigenvalue weighted by molar-refractivity contribution is -0.123. The van der Waals surface area contributed by atoms with Gasteiger partial charge in [0, 0.05) is 11.3 Å². The first-order valence-electron chi connectivity index (χ1n) is 8.37. The molecule has 1 aromatic carbocycles. The average molecular weight is 394 g/mol. The Morgan fingerprint density at radius 1 is 1.14 bits per heavy atom. The lowest BCUT2D eigenvalue weighted by Crippen LogP contribution is -2.30. The van der Waals surface area contributed by atoms with Gasteiger partial charge in [0.15, 0.2) is 11.9 Å². The van der Waals surface area contributed by atoms with E-state index in [0.29, 0.717) is 16.8 Å². The number of benzene rings is 1. The zero-order valence-electron chi connectivity index (χ0n) is 15.8. The number of amides is 1. The summed E-state index contributed by atoms with van der Waals surface area (Å²) in [5, 5.41) is 2.38. The molecule has 0 saturated heterocycles. The van der Waals surface area contributed by atoms with Crippen molar-refractivity contribution < 1.29 is 32.6 Å². The summed E-state index contributed by atoms with van der Waals surface area (Å²) in [7, 11) is 0. The minimum Gasteiger partial charge on any atom is -0.448 e. The zero-order chi connectivity index (χ0) is 21.0. The third kappa shape index (κ3) is 4.73. The van der Waals surface area contributed by atoms with Crippen molar-refractivity contribution in [3.63, 3.8) is 0 Å². The van der Waals surface area contributed by atoms with Crippen molar-refractivity contribution >= 4 is 23.3 Å². The van der Waals surface area contributed by atoms with E-state index < -0.39 is 24.6 Å². The number of carbonyl (C=O) groups is 3. The van der Waals surface area contributed by atoms with Crippen LogP contribution in [0, 0.1) is 13.8 Å². The molecule has 1 amide bonds. The molecule has 0 aliphatic rings. The van der Waals surface area contributed by atoms with Crippen LogP contribution in [0.5, 0.6) is 5.75 Å². The van der Waals surface area contributed by atoms with Crippen LogP contribution in [0.2, 0.25) is 0 Å². The number of H-pyrrole nitrogens is 1. The number of nitrogens with one attached hydrogen (secondary N) is 2. The fourth-order valence-electron chi connectivity index (χ4n) is 2.76. The summed E-state index contributed by atoms with van der Waals surface area (Å²) < 4.78 is 34.4. The normalized spacial score (nSPS) is 11.8. The van der Waals surface area contributed by atoms with E-state index in [1.165, 1.54) is 38.1 Å². The number of carbonyl (C=O) groups excluding carboxylic acids is 3. The van der Waals surface area contributed by atoms with Crippen LogP contribution in [0.1, 0.15) is 46.0 Å². The number of ether oxygens (including phenoxy) is 2. The molecular formula is C19H20F2N2O5. The Balaban J connectivity index is 2.10. The number of hydrogen-bond acceptors (Lipinski definition) is 5. The van der Waals surface area contributed by atoms with Gasteiger partial charge in [0.2, 0.25) is 0 Å².